The van der Waals surface area contributed by atoms with E-state index in [1.165, 1.54) is 19.3 Å². The number of aromatic nitrogens is 1. The molecule has 1 heterocycles. The van der Waals surface area contributed by atoms with Crippen molar-refractivity contribution in [2.45, 2.75) is 58.0 Å². The molecule has 3 rings (SSSR count). The van der Waals surface area contributed by atoms with Crippen LogP contribution in [0, 0.1) is 6.92 Å². The third-order valence-corrected chi connectivity index (χ3v) is 5.69. The van der Waals surface area contributed by atoms with Crippen molar-refractivity contribution in [2.24, 2.45) is 0 Å². The molecule has 1 saturated carbocycles. The van der Waals surface area contributed by atoms with E-state index in [2.05, 4.69) is 15.2 Å². The average Bonchev–Trinajstić information content (AvgIpc) is 2.68. The van der Waals surface area contributed by atoms with E-state index in [9.17, 15) is 9.59 Å². The van der Waals surface area contributed by atoms with Gasteiger partial charge in [0.25, 0.3) is 5.56 Å². The summed E-state index contributed by atoms with van der Waals surface area (Å²) in [6.07, 6.45) is 6.58. The van der Waals surface area contributed by atoms with Crippen LogP contribution in [0.2, 0.25) is 0 Å². The Morgan fingerprint density at radius 2 is 1.90 bits per heavy atom. The number of H-pyrrole nitrogens is 1. The molecule has 6 nitrogen and oxygen atoms in total. The predicted molar refractivity (Wildman–Crippen MR) is 118 cm³/mol. The second-order valence-corrected chi connectivity index (χ2v) is 8.58. The van der Waals surface area contributed by atoms with Crippen LogP contribution in [0.4, 0.5) is 4.79 Å². The van der Waals surface area contributed by atoms with E-state index < -0.39 is 0 Å². The molecule has 0 bridgehead atoms. The molecule has 0 atom stereocenters. The average molecular weight is 399 g/mol. The van der Waals surface area contributed by atoms with Gasteiger partial charge in [-0.3, -0.25) is 4.79 Å². The minimum absolute atomic E-state index is 0.0564. The zero-order chi connectivity index (χ0) is 20.8. The van der Waals surface area contributed by atoms with Gasteiger partial charge < -0.3 is 20.1 Å². The molecule has 0 unspecified atom stereocenters. The van der Waals surface area contributed by atoms with Gasteiger partial charge in [0, 0.05) is 23.7 Å². The Kier molecular flexibility index (Phi) is 7.31. The molecule has 158 valence electrons. The van der Waals surface area contributed by atoms with Crippen LogP contribution < -0.4 is 10.9 Å². The summed E-state index contributed by atoms with van der Waals surface area (Å²) in [6, 6.07) is 8.15. The summed E-state index contributed by atoms with van der Waals surface area (Å²) in [7, 11) is 4.06. The molecular weight excluding hydrogens is 364 g/mol. The number of hydrogen-bond donors (Lipinski definition) is 2. The highest BCUT2D eigenvalue weighted by atomic mass is 16.2. The Morgan fingerprint density at radius 1 is 1.14 bits per heavy atom. The molecule has 0 aliphatic heterocycles. The molecule has 2 amide bonds. The molecule has 1 aliphatic rings. The predicted octanol–water partition coefficient (Wildman–Crippen LogP) is 3.63. The van der Waals surface area contributed by atoms with Crippen molar-refractivity contribution in [3.8, 4) is 0 Å². The number of urea groups is 1. The van der Waals surface area contributed by atoms with E-state index in [1.807, 2.05) is 45.3 Å². The highest BCUT2D eigenvalue weighted by Crippen LogP contribution is 2.18. The summed E-state index contributed by atoms with van der Waals surface area (Å²) in [5.41, 5.74) is 2.46. The van der Waals surface area contributed by atoms with Crippen molar-refractivity contribution in [1.82, 2.24) is 20.1 Å². The van der Waals surface area contributed by atoms with Crippen LogP contribution in [0.3, 0.4) is 0 Å². The number of amides is 2. The number of aromatic amines is 1. The molecule has 0 radical (unpaired) electrons. The monoisotopic (exact) mass is 398 g/mol. The maximum absolute atomic E-state index is 13.0. The fourth-order valence-electron chi connectivity index (χ4n) is 4.03. The quantitative estimate of drug-likeness (QED) is 0.748. The molecule has 0 saturated heterocycles. The molecule has 0 spiro atoms. The Morgan fingerprint density at radius 3 is 2.62 bits per heavy atom. The second kappa shape index (κ2) is 9.92. The summed E-state index contributed by atoms with van der Waals surface area (Å²) in [6.45, 7) is 3.86. The maximum atomic E-state index is 13.0. The van der Waals surface area contributed by atoms with Gasteiger partial charge in [-0.05, 0) is 69.9 Å². The van der Waals surface area contributed by atoms with Gasteiger partial charge in [-0.15, -0.1) is 0 Å². The first-order chi connectivity index (χ1) is 13.9. The van der Waals surface area contributed by atoms with Crippen LogP contribution in [0.1, 0.15) is 49.7 Å². The largest absolute Gasteiger partial charge is 0.335 e. The number of benzene rings is 1. The van der Waals surface area contributed by atoms with Crippen LogP contribution in [-0.4, -0.2) is 54.0 Å². The van der Waals surface area contributed by atoms with Crippen LogP contribution in [-0.2, 0) is 6.54 Å². The summed E-state index contributed by atoms with van der Waals surface area (Å²) in [4.78, 5) is 32.5. The van der Waals surface area contributed by atoms with Gasteiger partial charge in [0.05, 0.1) is 6.54 Å². The minimum Gasteiger partial charge on any atom is -0.335 e. The van der Waals surface area contributed by atoms with Crippen LogP contribution in [0.25, 0.3) is 10.9 Å². The first-order valence-electron chi connectivity index (χ1n) is 10.7. The molecule has 2 aromatic rings. The van der Waals surface area contributed by atoms with Gasteiger partial charge in [-0.2, -0.15) is 0 Å². The van der Waals surface area contributed by atoms with Crippen LogP contribution >= 0.6 is 0 Å². The van der Waals surface area contributed by atoms with E-state index in [4.69, 9.17) is 0 Å². The lowest BCUT2D eigenvalue weighted by atomic mass is 9.96. The first kappa shape index (κ1) is 21.4. The molecule has 1 aromatic carbocycles. The molecule has 1 fully saturated rings. The lowest BCUT2D eigenvalue weighted by molar-refractivity contribution is 0.184. The number of hydrogen-bond acceptors (Lipinski definition) is 3. The standard InChI is InChI=1S/C23H34N4O2/c1-17-10-11-18-15-19(22(28)25-21(18)14-17)16-27(13-7-12-26(2)3)23(29)24-20-8-5-4-6-9-20/h10-11,14-15,20H,4-9,12-13,16H2,1-3H3,(H,24,29)(H,25,28). The summed E-state index contributed by atoms with van der Waals surface area (Å²) >= 11 is 0. The van der Waals surface area contributed by atoms with Gasteiger partial charge in [0.15, 0.2) is 0 Å². The van der Waals surface area contributed by atoms with Gasteiger partial charge in [-0.25, -0.2) is 4.79 Å². The second-order valence-electron chi connectivity index (χ2n) is 8.58. The first-order valence-corrected chi connectivity index (χ1v) is 10.7. The van der Waals surface area contributed by atoms with Gasteiger partial charge in [0.2, 0.25) is 0 Å². The Bertz CT molecular complexity index is 884. The van der Waals surface area contributed by atoms with Gasteiger partial charge >= 0.3 is 6.03 Å². The summed E-state index contributed by atoms with van der Waals surface area (Å²) in [5, 5.41) is 4.19. The van der Waals surface area contributed by atoms with E-state index in [-0.39, 0.29) is 17.6 Å². The highest BCUT2D eigenvalue weighted by molar-refractivity contribution is 5.80. The number of fused-ring (bicyclic) bond motifs is 1. The third-order valence-electron chi connectivity index (χ3n) is 5.69. The normalized spacial score (nSPS) is 15.0. The fraction of sp³-hybridized carbons (Fsp3) is 0.565. The lowest BCUT2D eigenvalue weighted by Gasteiger charge is -2.28. The number of rotatable bonds is 7. The van der Waals surface area contributed by atoms with Crippen molar-refractivity contribution in [2.75, 3.05) is 27.2 Å². The van der Waals surface area contributed by atoms with Gasteiger partial charge in [-0.1, -0.05) is 31.4 Å². The van der Waals surface area contributed by atoms with E-state index in [0.29, 0.717) is 18.7 Å². The number of carbonyl (C=O) groups is 1. The van der Waals surface area contributed by atoms with E-state index in [0.717, 1.165) is 42.3 Å². The number of aryl methyl sites for hydroxylation is 1. The molecule has 2 N–H and O–H groups in total. The molecule has 1 aliphatic carbocycles. The van der Waals surface area contributed by atoms with Crippen LogP contribution in [0.5, 0.6) is 0 Å². The Hall–Kier alpha value is -2.34. The molecule has 6 heteroatoms. The lowest BCUT2D eigenvalue weighted by Crippen LogP contribution is -2.46. The topological polar surface area (TPSA) is 68.4 Å². The van der Waals surface area contributed by atoms with E-state index in [1.54, 1.807) is 4.90 Å². The number of pyridine rings is 1. The van der Waals surface area contributed by atoms with Crippen molar-refractivity contribution in [3.63, 3.8) is 0 Å². The van der Waals surface area contributed by atoms with Crippen molar-refractivity contribution in [1.29, 1.82) is 0 Å². The van der Waals surface area contributed by atoms with Crippen molar-refractivity contribution in [3.05, 3.63) is 45.7 Å². The zero-order valence-electron chi connectivity index (χ0n) is 18.0. The molecule has 29 heavy (non-hydrogen) atoms. The fourth-order valence-corrected chi connectivity index (χ4v) is 4.03. The number of carbonyl (C=O) groups excluding carboxylic acids is 1. The smallest absolute Gasteiger partial charge is 0.317 e. The van der Waals surface area contributed by atoms with Crippen molar-refractivity contribution >= 4 is 16.9 Å². The number of nitrogens with zero attached hydrogens (tertiary/aromatic N) is 2. The molecule has 1 aromatic heterocycles. The summed E-state index contributed by atoms with van der Waals surface area (Å²) in [5.74, 6) is 0. The summed E-state index contributed by atoms with van der Waals surface area (Å²) < 4.78 is 0. The SMILES string of the molecule is Cc1ccc2cc(CN(CCCN(C)C)C(=O)NC3CCCCC3)c(=O)[nH]c2c1. The molecular formula is C23H34N4O2. The maximum Gasteiger partial charge on any atom is 0.317 e. The number of nitrogens with one attached hydrogen (secondary N) is 2. The Balaban J connectivity index is 1.76. The minimum atomic E-state index is -0.119. The van der Waals surface area contributed by atoms with E-state index >= 15 is 0 Å². The van der Waals surface area contributed by atoms with Gasteiger partial charge in [0.1, 0.15) is 0 Å². The van der Waals surface area contributed by atoms with Crippen LogP contribution in [0.15, 0.2) is 29.1 Å². The highest BCUT2D eigenvalue weighted by Gasteiger charge is 2.21. The van der Waals surface area contributed by atoms with Crippen molar-refractivity contribution < 1.29 is 4.79 Å². The Labute approximate surface area is 173 Å². The zero-order valence-corrected chi connectivity index (χ0v) is 18.0. The third kappa shape index (κ3) is 6.07.